The van der Waals surface area contributed by atoms with E-state index in [9.17, 15) is 0 Å². The molecule has 1 aromatic carbocycles. The predicted molar refractivity (Wildman–Crippen MR) is 92.2 cm³/mol. The summed E-state index contributed by atoms with van der Waals surface area (Å²) in [6.45, 7) is 7.52. The van der Waals surface area contributed by atoms with Crippen LogP contribution in [0.15, 0.2) is 47.2 Å². The van der Waals surface area contributed by atoms with Crippen molar-refractivity contribution in [3.63, 3.8) is 0 Å². The van der Waals surface area contributed by atoms with E-state index >= 15 is 0 Å². The minimum atomic E-state index is 0.356. The van der Waals surface area contributed by atoms with E-state index in [1.54, 1.807) is 0 Å². The van der Waals surface area contributed by atoms with Crippen molar-refractivity contribution in [3.05, 3.63) is 63.9 Å². The fourth-order valence-corrected chi connectivity index (χ4v) is 2.89. The maximum Gasteiger partial charge on any atom is 0.0410 e. The van der Waals surface area contributed by atoms with Gasteiger partial charge >= 0.3 is 0 Å². The van der Waals surface area contributed by atoms with Crippen molar-refractivity contribution in [2.75, 3.05) is 0 Å². The zero-order valence-electron chi connectivity index (χ0n) is 12.9. The first-order chi connectivity index (χ1) is 10.1. The van der Waals surface area contributed by atoms with E-state index in [1.165, 1.54) is 16.7 Å². The molecule has 0 radical (unpaired) electrons. The van der Waals surface area contributed by atoms with E-state index in [4.69, 9.17) is 0 Å². The van der Waals surface area contributed by atoms with Crippen LogP contribution in [0, 0.1) is 5.92 Å². The van der Waals surface area contributed by atoms with Crippen LogP contribution in [0.3, 0.4) is 0 Å². The van der Waals surface area contributed by atoms with Gasteiger partial charge in [0, 0.05) is 29.5 Å². The molecule has 2 nitrogen and oxygen atoms in total. The number of halogens is 1. The molecule has 112 valence electrons. The Labute approximate surface area is 136 Å². The zero-order chi connectivity index (χ0) is 15.2. The van der Waals surface area contributed by atoms with Crippen molar-refractivity contribution < 1.29 is 0 Å². The van der Waals surface area contributed by atoms with Crippen LogP contribution < -0.4 is 5.32 Å². The van der Waals surface area contributed by atoms with Crippen LogP contribution >= 0.6 is 15.9 Å². The standard InChI is InChI=1S/C18H23BrN2/c1-4-14-5-7-16(8-6-14)18(13(2)3)21-11-15-9-17(19)12-20-10-15/h5-10,12-13,18,21H,4,11H2,1-3H3. The van der Waals surface area contributed by atoms with Gasteiger partial charge in [-0.25, -0.2) is 0 Å². The Balaban J connectivity index is 2.08. The molecule has 2 aromatic rings. The maximum absolute atomic E-state index is 4.22. The summed E-state index contributed by atoms with van der Waals surface area (Å²) in [6.07, 6.45) is 4.81. The molecule has 1 aromatic heterocycles. The summed E-state index contributed by atoms with van der Waals surface area (Å²) in [5.74, 6) is 0.539. The van der Waals surface area contributed by atoms with Crippen LogP contribution in [0.4, 0.5) is 0 Å². The average molecular weight is 347 g/mol. The second-order valence-electron chi connectivity index (χ2n) is 5.71. The van der Waals surface area contributed by atoms with Crippen LogP contribution in [-0.4, -0.2) is 4.98 Å². The van der Waals surface area contributed by atoms with Crippen molar-refractivity contribution in [2.24, 2.45) is 5.92 Å². The van der Waals surface area contributed by atoms with E-state index in [0.29, 0.717) is 12.0 Å². The molecule has 0 saturated carbocycles. The van der Waals surface area contributed by atoms with Crippen LogP contribution in [0.25, 0.3) is 0 Å². The molecule has 3 heteroatoms. The number of benzene rings is 1. The fraction of sp³-hybridized carbons (Fsp3) is 0.389. The van der Waals surface area contributed by atoms with E-state index < -0.39 is 0 Å². The van der Waals surface area contributed by atoms with Gasteiger partial charge in [-0.05, 0) is 51.0 Å². The van der Waals surface area contributed by atoms with Gasteiger partial charge in [0.1, 0.15) is 0 Å². The largest absolute Gasteiger partial charge is 0.306 e. The van der Waals surface area contributed by atoms with Crippen LogP contribution in [0.5, 0.6) is 0 Å². The van der Waals surface area contributed by atoms with Gasteiger partial charge in [-0.15, -0.1) is 0 Å². The highest BCUT2D eigenvalue weighted by molar-refractivity contribution is 9.10. The van der Waals surface area contributed by atoms with Gasteiger partial charge in [0.05, 0.1) is 0 Å². The summed E-state index contributed by atoms with van der Waals surface area (Å²) in [5.41, 5.74) is 3.93. The van der Waals surface area contributed by atoms with Crippen molar-refractivity contribution in [3.8, 4) is 0 Å². The molecule has 0 spiro atoms. The lowest BCUT2D eigenvalue weighted by Crippen LogP contribution is -2.25. The first-order valence-electron chi connectivity index (χ1n) is 7.51. The highest BCUT2D eigenvalue weighted by Gasteiger charge is 2.15. The smallest absolute Gasteiger partial charge is 0.0410 e. The Hall–Kier alpha value is -1.19. The van der Waals surface area contributed by atoms with Crippen LogP contribution in [0.2, 0.25) is 0 Å². The van der Waals surface area contributed by atoms with Gasteiger partial charge in [-0.1, -0.05) is 45.0 Å². The van der Waals surface area contributed by atoms with E-state index in [2.05, 4.69) is 77.3 Å². The molecule has 1 N–H and O–H groups in total. The Bertz CT molecular complexity index is 564. The van der Waals surface area contributed by atoms with Gasteiger partial charge in [-0.3, -0.25) is 4.98 Å². The molecule has 0 aliphatic heterocycles. The molecule has 21 heavy (non-hydrogen) atoms. The minimum Gasteiger partial charge on any atom is -0.306 e. The molecule has 1 unspecified atom stereocenters. The van der Waals surface area contributed by atoms with Crippen molar-refractivity contribution in [1.29, 1.82) is 0 Å². The highest BCUT2D eigenvalue weighted by atomic mass is 79.9. The van der Waals surface area contributed by atoms with Gasteiger partial charge in [-0.2, -0.15) is 0 Å². The second-order valence-corrected chi connectivity index (χ2v) is 6.62. The fourth-order valence-electron chi connectivity index (χ4n) is 2.48. The summed E-state index contributed by atoms with van der Waals surface area (Å²) in [4.78, 5) is 4.22. The zero-order valence-corrected chi connectivity index (χ0v) is 14.5. The lowest BCUT2D eigenvalue weighted by molar-refractivity contribution is 0.410. The number of hydrogen-bond acceptors (Lipinski definition) is 2. The number of nitrogens with one attached hydrogen (secondary N) is 1. The van der Waals surface area contributed by atoms with Gasteiger partial charge in [0.2, 0.25) is 0 Å². The summed E-state index contributed by atoms with van der Waals surface area (Å²) < 4.78 is 1.02. The van der Waals surface area contributed by atoms with E-state index in [-0.39, 0.29) is 0 Å². The van der Waals surface area contributed by atoms with Crippen LogP contribution in [-0.2, 0) is 13.0 Å². The Kier molecular flexibility index (Phi) is 5.95. The normalized spacial score (nSPS) is 12.6. The molecular formula is C18H23BrN2. The Morgan fingerprint density at radius 1 is 1.10 bits per heavy atom. The molecule has 0 aliphatic rings. The Morgan fingerprint density at radius 3 is 2.38 bits per heavy atom. The molecule has 1 atom stereocenters. The van der Waals surface area contributed by atoms with Gasteiger partial charge < -0.3 is 5.32 Å². The molecule has 0 bridgehead atoms. The molecular weight excluding hydrogens is 324 g/mol. The van der Waals surface area contributed by atoms with Crippen molar-refractivity contribution in [2.45, 2.75) is 39.8 Å². The molecule has 0 amide bonds. The maximum atomic E-state index is 4.22. The first kappa shape index (κ1) is 16.2. The summed E-state index contributed by atoms with van der Waals surface area (Å²) in [5, 5.41) is 3.66. The number of rotatable bonds is 6. The Morgan fingerprint density at radius 2 is 1.81 bits per heavy atom. The highest BCUT2D eigenvalue weighted by Crippen LogP contribution is 2.23. The monoisotopic (exact) mass is 346 g/mol. The molecule has 0 saturated heterocycles. The lowest BCUT2D eigenvalue weighted by atomic mass is 9.94. The molecule has 0 aliphatic carbocycles. The van der Waals surface area contributed by atoms with Crippen molar-refractivity contribution >= 4 is 15.9 Å². The number of nitrogens with zero attached hydrogens (tertiary/aromatic N) is 1. The summed E-state index contributed by atoms with van der Waals surface area (Å²) >= 11 is 3.47. The third kappa shape index (κ3) is 4.65. The van der Waals surface area contributed by atoms with Gasteiger partial charge in [0.25, 0.3) is 0 Å². The summed E-state index contributed by atoms with van der Waals surface area (Å²) in [7, 11) is 0. The average Bonchev–Trinajstić information content (AvgIpc) is 2.48. The number of pyridine rings is 1. The quantitative estimate of drug-likeness (QED) is 0.804. The number of aromatic nitrogens is 1. The molecule has 1 heterocycles. The second kappa shape index (κ2) is 7.71. The van der Waals surface area contributed by atoms with E-state index in [0.717, 1.165) is 17.4 Å². The topological polar surface area (TPSA) is 24.9 Å². The van der Waals surface area contributed by atoms with Crippen LogP contribution in [0.1, 0.15) is 43.5 Å². The number of hydrogen-bond donors (Lipinski definition) is 1. The molecule has 2 rings (SSSR count). The van der Waals surface area contributed by atoms with Gasteiger partial charge in [0.15, 0.2) is 0 Å². The van der Waals surface area contributed by atoms with Crippen molar-refractivity contribution in [1.82, 2.24) is 10.3 Å². The van der Waals surface area contributed by atoms with E-state index in [1.807, 2.05) is 12.4 Å². The minimum absolute atomic E-state index is 0.356. The number of aryl methyl sites for hydroxylation is 1. The summed E-state index contributed by atoms with van der Waals surface area (Å²) in [6, 6.07) is 11.4. The third-order valence-corrected chi connectivity index (χ3v) is 4.14. The lowest BCUT2D eigenvalue weighted by Gasteiger charge is -2.23. The SMILES string of the molecule is CCc1ccc(C(NCc2cncc(Br)c2)C(C)C)cc1. The first-order valence-corrected chi connectivity index (χ1v) is 8.31. The predicted octanol–water partition coefficient (Wildman–Crippen LogP) is 4.89. The molecule has 0 fully saturated rings. The third-order valence-electron chi connectivity index (χ3n) is 3.70.